The quantitative estimate of drug-likeness (QED) is 0.871. The summed E-state index contributed by atoms with van der Waals surface area (Å²) in [6.07, 6.45) is 3.17. The molecular formula is C12H20N4O3S2. The van der Waals surface area contributed by atoms with Crippen LogP contribution in [0.15, 0.2) is 0 Å². The lowest BCUT2D eigenvalue weighted by atomic mass is 10.1. The normalized spacial score (nSPS) is 20.1. The monoisotopic (exact) mass is 332 g/mol. The van der Waals surface area contributed by atoms with E-state index in [1.54, 1.807) is 0 Å². The van der Waals surface area contributed by atoms with E-state index >= 15 is 0 Å². The first-order chi connectivity index (χ1) is 9.77. The van der Waals surface area contributed by atoms with Gasteiger partial charge in [-0.1, -0.05) is 25.2 Å². The SMILES string of the molecule is CC(C)Cc1nnc(NC(=O)[C@H]2CCCN2S(C)(=O)=O)s1. The molecule has 1 N–H and O–H groups in total. The Hall–Kier alpha value is -1.06. The highest BCUT2D eigenvalue weighted by Gasteiger charge is 2.36. The molecule has 0 bridgehead atoms. The van der Waals surface area contributed by atoms with Crippen LogP contribution in [0.5, 0.6) is 0 Å². The summed E-state index contributed by atoms with van der Waals surface area (Å²) in [5, 5.41) is 11.9. The van der Waals surface area contributed by atoms with E-state index in [1.165, 1.54) is 15.6 Å². The molecule has 1 fully saturated rings. The van der Waals surface area contributed by atoms with Crippen LogP contribution in [0, 0.1) is 5.92 Å². The molecule has 1 atom stereocenters. The third kappa shape index (κ3) is 4.21. The van der Waals surface area contributed by atoms with Crippen molar-refractivity contribution in [3.8, 4) is 0 Å². The van der Waals surface area contributed by atoms with Crippen LogP contribution in [0.1, 0.15) is 31.7 Å². The first-order valence-electron chi connectivity index (χ1n) is 6.87. The Labute approximate surface area is 128 Å². The second-order valence-corrected chi connectivity index (χ2v) is 8.62. The molecule has 1 aromatic heterocycles. The third-order valence-electron chi connectivity index (χ3n) is 3.21. The van der Waals surface area contributed by atoms with Crippen molar-refractivity contribution in [3.05, 3.63) is 5.01 Å². The first-order valence-corrected chi connectivity index (χ1v) is 9.54. The van der Waals surface area contributed by atoms with Gasteiger partial charge in [0.05, 0.1) is 6.26 Å². The third-order valence-corrected chi connectivity index (χ3v) is 5.36. The van der Waals surface area contributed by atoms with Crippen molar-refractivity contribution >= 4 is 32.4 Å². The molecule has 0 saturated carbocycles. The highest BCUT2D eigenvalue weighted by Crippen LogP contribution is 2.23. The number of nitrogens with zero attached hydrogens (tertiary/aromatic N) is 3. The van der Waals surface area contributed by atoms with Crippen molar-refractivity contribution in [3.63, 3.8) is 0 Å². The van der Waals surface area contributed by atoms with Crippen molar-refractivity contribution in [1.82, 2.24) is 14.5 Å². The lowest BCUT2D eigenvalue weighted by molar-refractivity contribution is -0.119. The van der Waals surface area contributed by atoms with Gasteiger partial charge in [-0.2, -0.15) is 4.31 Å². The largest absolute Gasteiger partial charge is 0.299 e. The predicted octanol–water partition coefficient (Wildman–Crippen LogP) is 1.10. The van der Waals surface area contributed by atoms with E-state index in [4.69, 9.17) is 0 Å². The molecule has 0 unspecified atom stereocenters. The molecule has 2 rings (SSSR count). The van der Waals surface area contributed by atoms with Gasteiger partial charge in [-0.15, -0.1) is 10.2 Å². The van der Waals surface area contributed by atoms with Crippen LogP contribution in [0.2, 0.25) is 0 Å². The first kappa shape index (κ1) is 16.3. The maximum absolute atomic E-state index is 12.2. The van der Waals surface area contributed by atoms with Gasteiger partial charge < -0.3 is 0 Å². The molecule has 9 heteroatoms. The molecule has 1 aliphatic heterocycles. The van der Waals surface area contributed by atoms with Crippen molar-refractivity contribution in [2.24, 2.45) is 5.92 Å². The smallest absolute Gasteiger partial charge is 0.244 e. The summed E-state index contributed by atoms with van der Waals surface area (Å²) in [5.41, 5.74) is 0. The van der Waals surface area contributed by atoms with Crippen LogP contribution in [0.25, 0.3) is 0 Å². The Bertz CT molecular complexity index is 612. The maximum Gasteiger partial charge on any atom is 0.244 e. The number of amides is 1. The summed E-state index contributed by atoms with van der Waals surface area (Å²) in [7, 11) is -3.36. The van der Waals surface area contributed by atoms with Crippen LogP contribution in [0.3, 0.4) is 0 Å². The molecule has 0 aliphatic carbocycles. The van der Waals surface area contributed by atoms with Gasteiger partial charge in [-0.05, 0) is 18.8 Å². The molecule has 0 radical (unpaired) electrons. The van der Waals surface area contributed by atoms with Crippen molar-refractivity contribution in [2.75, 3.05) is 18.1 Å². The minimum absolute atomic E-state index is 0.329. The van der Waals surface area contributed by atoms with Crippen molar-refractivity contribution in [2.45, 2.75) is 39.2 Å². The molecule has 7 nitrogen and oxygen atoms in total. The predicted molar refractivity (Wildman–Crippen MR) is 81.7 cm³/mol. The van der Waals surface area contributed by atoms with Gasteiger partial charge >= 0.3 is 0 Å². The van der Waals surface area contributed by atoms with E-state index in [0.29, 0.717) is 30.4 Å². The average molecular weight is 332 g/mol. The Kier molecular flexibility index (Phi) is 4.95. The van der Waals surface area contributed by atoms with Crippen LogP contribution < -0.4 is 5.32 Å². The molecule has 1 aliphatic rings. The molecule has 1 aromatic rings. The molecule has 1 saturated heterocycles. The lowest BCUT2D eigenvalue weighted by Crippen LogP contribution is -2.42. The maximum atomic E-state index is 12.2. The minimum atomic E-state index is -3.36. The second-order valence-electron chi connectivity index (χ2n) is 5.62. The molecule has 21 heavy (non-hydrogen) atoms. The lowest BCUT2D eigenvalue weighted by Gasteiger charge is -2.20. The van der Waals surface area contributed by atoms with Gasteiger partial charge in [-0.3, -0.25) is 10.1 Å². The summed E-state index contributed by atoms with van der Waals surface area (Å²) in [4.78, 5) is 12.2. The van der Waals surface area contributed by atoms with E-state index in [-0.39, 0.29) is 5.91 Å². The number of aromatic nitrogens is 2. The van der Waals surface area contributed by atoms with Crippen LogP contribution in [0.4, 0.5) is 5.13 Å². The fraction of sp³-hybridized carbons (Fsp3) is 0.750. The zero-order chi connectivity index (χ0) is 15.6. The number of nitrogens with one attached hydrogen (secondary N) is 1. The zero-order valence-electron chi connectivity index (χ0n) is 12.4. The number of carbonyl (C=O) groups is 1. The summed E-state index contributed by atoms with van der Waals surface area (Å²) in [6, 6.07) is -0.641. The van der Waals surface area contributed by atoms with Crippen LogP contribution >= 0.6 is 11.3 Å². The summed E-state index contributed by atoms with van der Waals surface area (Å²) in [5.74, 6) is 0.141. The number of anilines is 1. The van der Waals surface area contributed by atoms with Crippen molar-refractivity contribution < 1.29 is 13.2 Å². The highest BCUT2D eigenvalue weighted by atomic mass is 32.2. The van der Waals surface area contributed by atoms with E-state index in [9.17, 15) is 13.2 Å². The van der Waals surface area contributed by atoms with Crippen LogP contribution in [-0.2, 0) is 21.2 Å². The van der Waals surface area contributed by atoms with Gasteiger partial charge in [-0.25, -0.2) is 8.42 Å². The summed E-state index contributed by atoms with van der Waals surface area (Å²) in [6.45, 7) is 4.57. The van der Waals surface area contributed by atoms with E-state index in [2.05, 4.69) is 29.4 Å². The number of hydrogen-bond donors (Lipinski definition) is 1. The zero-order valence-corrected chi connectivity index (χ0v) is 14.0. The number of carbonyl (C=O) groups excluding carboxylic acids is 1. The fourth-order valence-electron chi connectivity index (χ4n) is 2.32. The Balaban J connectivity index is 2.02. The highest BCUT2D eigenvalue weighted by molar-refractivity contribution is 7.88. The fourth-order valence-corrected chi connectivity index (χ4v) is 4.40. The molecule has 0 aromatic carbocycles. The minimum Gasteiger partial charge on any atom is -0.299 e. The number of sulfonamides is 1. The standard InChI is InChI=1S/C12H20N4O3S2/c1-8(2)7-10-14-15-12(20-10)13-11(17)9-5-4-6-16(9)21(3,18)19/h8-9H,4-7H2,1-3H3,(H,13,15,17)/t9-/m1/s1. The summed E-state index contributed by atoms with van der Waals surface area (Å²) < 4.78 is 24.5. The van der Waals surface area contributed by atoms with Gasteiger partial charge in [0.25, 0.3) is 0 Å². The average Bonchev–Trinajstić information content (AvgIpc) is 2.96. The van der Waals surface area contributed by atoms with E-state index in [0.717, 1.165) is 17.7 Å². The molecule has 2 heterocycles. The Morgan fingerprint density at radius 2 is 2.19 bits per heavy atom. The van der Waals surface area contributed by atoms with Gasteiger partial charge in [0.15, 0.2) is 0 Å². The van der Waals surface area contributed by atoms with Gasteiger partial charge in [0, 0.05) is 13.0 Å². The van der Waals surface area contributed by atoms with Gasteiger partial charge in [0.1, 0.15) is 11.0 Å². The number of hydrogen-bond acceptors (Lipinski definition) is 6. The van der Waals surface area contributed by atoms with E-state index in [1.807, 2.05) is 0 Å². The topological polar surface area (TPSA) is 92.3 Å². The molecular weight excluding hydrogens is 312 g/mol. The van der Waals surface area contributed by atoms with Crippen LogP contribution in [-0.4, -0.2) is 47.7 Å². The molecule has 0 spiro atoms. The number of rotatable bonds is 5. The second kappa shape index (κ2) is 6.37. The van der Waals surface area contributed by atoms with Gasteiger partial charge in [0.2, 0.25) is 21.1 Å². The Morgan fingerprint density at radius 3 is 2.81 bits per heavy atom. The van der Waals surface area contributed by atoms with Crippen molar-refractivity contribution in [1.29, 1.82) is 0 Å². The Morgan fingerprint density at radius 1 is 1.48 bits per heavy atom. The molecule has 118 valence electrons. The molecule has 1 amide bonds. The summed E-state index contributed by atoms with van der Waals surface area (Å²) >= 11 is 1.33. The van der Waals surface area contributed by atoms with E-state index < -0.39 is 16.1 Å².